The van der Waals surface area contributed by atoms with Crippen LogP contribution in [-0.2, 0) is 16.6 Å². The molecule has 2 aromatic rings. The second kappa shape index (κ2) is 8.37. The standard InChI is InChI=1S/C24H33NO/c1-23(2)19-22(14-17-26-23)25-16-15-24(3,21-12-8-5-9-13-21)18-20-10-6-4-7-11-20/h4-13,22,25H,14-19H2,1-3H3/t22-,24-/m1/s1. The maximum absolute atomic E-state index is 5.85. The summed E-state index contributed by atoms with van der Waals surface area (Å²) in [4.78, 5) is 0. The molecule has 2 heteroatoms. The lowest BCUT2D eigenvalue weighted by Crippen LogP contribution is -2.44. The maximum atomic E-state index is 5.85. The highest BCUT2D eigenvalue weighted by molar-refractivity contribution is 5.29. The van der Waals surface area contributed by atoms with Gasteiger partial charge in [0.05, 0.1) is 5.60 Å². The summed E-state index contributed by atoms with van der Waals surface area (Å²) >= 11 is 0. The molecule has 0 saturated carbocycles. The van der Waals surface area contributed by atoms with Crippen molar-refractivity contribution in [3.8, 4) is 0 Å². The van der Waals surface area contributed by atoms with E-state index in [1.165, 1.54) is 11.1 Å². The van der Waals surface area contributed by atoms with Gasteiger partial charge in [-0.25, -0.2) is 0 Å². The third-order valence-corrected chi connectivity index (χ3v) is 5.71. The summed E-state index contributed by atoms with van der Waals surface area (Å²) < 4.78 is 5.85. The Morgan fingerprint density at radius 3 is 2.35 bits per heavy atom. The zero-order valence-corrected chi connectivity index (χ0v) is 16.5. The van der Waals surface area contributed by atoms with Gasteiger partial charge in [0.25, 0.3) is 0 Å². The van der Waals surface area contributed by atoms with E-state index in [1.807, 2.05) is 0 Å². The highest BCUT2D eigenvalue weighted by atomic mass is 16.5. The highest BCUT2D eigenvalue weighted by Gasteiger charge is 2.30. The van der Waals surface area contributed by atoms with E-state index in [2.05, 4.69) is 86.8 Å². The van der Waals surface area contributed by atoms with Crippen molar-refractivity contribution >= 4 is 0 Å². The molecule has 1 fully saturated rings. The van der Waals surface area contributed by atoms with Crippen LogP contribution in [0.1, 0.15) is 51.2 Å². The smallest absolute Gasteiger partial charge is 0.0641 e. The second-order valence-electron chi connectivity index (χ2n) is 8.59. The molecule has 0 spiro atoms. The Bertz CT molecular complexity index is 667. The summed E-state index contributed by atoms with van der Waals surface area (Å²) in [5, 5.41) is 3.81. The number of rotatable bonds is 7. The molecule has 26 heavy (non-hydrogen) atoms. The monoisotopic (exact) mass is 351 g/mol. The fourth-order valence-corrected chi connectivity index (χ4v) is 4.18. The molecule has 2 aromatic carbocycles. The average Bonchev–Trinajstić information content (AvgIpc) is 2.62. The second-order valence-corrected chi connectivity index (χ2v) is 8.59. The van der Waals surface area contributed by atoms with Crippen LogP contribution in [0, 0.1) is 0 Å². The van der Waals surface area contributed by atoms with Crippen LogP contribution in [0.3, 0.4) is 0 Å². The predicted octanol–water partition coefficient (Wildman–Crippen LogP) is 5.12. The lowest BCUT2D eigenvalue weighted by molar-refractivity contribution is -0.0629. The van der Waals surface area contributed by atoms with Gasteiger partial charge in [-0.3, -0.25) is 0 Å². The molecule has 140 valence electrons. The molecule has 0 amide bonds. The van der Waals surface area contributed by atoms with Gasteiger partial charge in [0.15, 0.2) is 0 Å². The van der Waals surface area contributed by atoms with Crippen LogP contribution >= 0.6 is 0 Å². The number of benzene rings is 2. The van der Waals surface area contributed by atoms with Crippen molar-refractivity contribution in [1.82, 2.24) is 5.32 Å². The Hall–Kier alpha value is -1.64. The van der Waals surface area contributed by atoms with Gasteiger partial charge in [-0.15, -0.1) is 0 Å². The lowest BCUT2D eigenvalue weighted by atomic mass is 9.74. The van der Waals surface area contributed by atoms with Gasteiger partial charge >= 0.3 is 0 Å². The number of hydrogen-bond acceptors (Lipinski definition) is 2. The lowest BCUT2D eigenvalue weighted by Gasteiger charge is -2.37. The summed E-state index contributed by atoms with van der Waals surface area (Å²) in [6.45, 7) is 8.71. The molecule has 1 aliphatic heterocycles. The van der Waals surface area contributed by atoms with Crippen LogP contribution < -0.4 is 5.32 Å². The highest BCUT2D eigenvalue weighted by Crippen LogP contribution is 2.32. The Labute approximate surface area is 159 Å². The third-order valence-electron chi connectivity index (χ3n) is 5.71. The molecule has 0 bridgehead atoms. The van der Waals surface area contributed by atoms with E-state index >= 15 is 0 Å². The zero-order valence-electron chi connectivity index (χ0n) is 16.5. The van der Waals surface area contributed by atoms with E-state index in [9.17, 15) is 0 Å². The summed E-state index contributed by atoms with van der Waals surface area (Å²) in [6.07, 6.45) is 4.40. The molecule has 3 rings (SSSR count). The predicted molar refractivity (Wildman–Crippen MR) is 110 cm³/mol. The molecule has 1 heterocycles. The zero-order chi connectivity index (χ0) is 18.5. The number of hydrogen-bond donors (Lipinski definition) is 1. The van der Waals surface area contributed by atoms with Gasteiger partial charge in [-0.1, -0.05) is 67.6 Å². The first-order valence-corrected chi connectivity index (χ1v) is 9.94. The van der Waals surface area contributed by atoms with Crippen molar-refractivity contribution in [2.24, 2.45) is 0 Å². The summed E-state index contributed by atoms with van der Waals surface area (Å²) in [5.41, 5.74) is 2.97. The minimum Gasteiger partial charge on any atom is -0.375 e. The fourth-order valence-electron chi connectivity index (χ4n) is 4.18. The maximum Gasteiger partial charge on any atom is 0.0641 e. The molecule has 0 aliphatic carbocycles. The van der Waals surface area contributed by atoms with Gasteiger partial charge in [-0.05, 0) is 62.6 Å². The molecule has 0 unspecified atom stereocenters. The molecule has 2 nitrogen and oxygen atoms in total. The van der Waals surface area contributed by atoms with E-state index in [-0.39, 0.29) is 11.0 Å². The first-order chi connectivity index (χ1) is 12.5. The summed E-state index contributed by atoms with van der Waals surface area (Å²) in [6, 6.07) is 22.4. The average molecular weight is 352 g/mol. The summed E-state index contributed by atoms with van der Waals surface area (Å²) in [5.74, 6) is 0. The van der Waals surface area contributed by atoms with Crippen LogP contribution in [0.25, 0.3) is 0 Å². The minimum atomic E-state index is 0.00267. The van der Waals surface area contributed by atoms with E-state index in [4.69, 9.17) is 4.74 Å². The molecule has 2 atom stereocenters. The SMILES string of the molecule is CC1(C)C[C@H](NCC[C@](C)(Cc2ccccc2)c2ccccc2)CCO1. The molecule has 1 aliphatic rings. The topological polar surface area (TPSA) is 21.3 Å². The van der Waals surface area contributed by atoms with E-state index in [0.29, 0.717) is 6.04 Å². The Morgan fingerprint density at radius 1 is 1.04 bits per heavy atom. The third kappa shape index (κ3) is 5.18. The van der Waals surface area contributed by atoms with Crippen LogP contribution in [0.5, 0.6) is 0 Å². The van der Waals surface area contributed by atoms with Crippen molar-refractivity contribution in [3.63, 3.8) is 0 Å². The first-order valence-electron chi connectivity index (χ1n) is 9.94. The van der Waals surface area contributed by atoms with E-state index in [1.54, 1.807) is 0 Å². The van der Waals surface area contributed by atoms with Crippen LogP contribution in [0.15, 0.2) is 60.7 Å². The molecule has 1 saturated heterocycles. The number of nitrogens with one attached hydrogen (secondary N) is 1. The van der Waals surface area contributed by atoms with Gasteiger partial charge in [0.2, 0.25) is 0 Å². The van der Waals surface area contributed by atoms with Gasteiger partial charge in [0.1, 0.15) is 0 Å². The van der Waals surface area contributed by atoms with Crippen molar-refractivity contribution in [2.75, 3.05) is 13.2 Å². The van der Waals surface area contributed by atoms with Crippen molar-refractivity contribution in [1.29, 1.82) is 0 Å². The van der Waals surface area contributed by atoms with Crippen LogP contribution in [-0.4, -0.2) is 24.8 Å². The Kier molecular flexibility index (Phi) is 6.16. The van der Waals surface area contributed by atoms with Crippen molar-refractivity contribution < 1.29 is 4.74 Å². The number of ether oxygens (including phenoxy) is 1. The normalized spacial score (nSPS) is 21.9. The van der Waals surface area contributed by atoms with Gasteiger partial charge in [-0.2, -0.15) is 0 Å². The quantitative estimate of drug-likeness (QED) is 0.747. The molecule has 0 aromatic heterocycles. The first kappa shape index (κ1) is 19.1. The van der Waals surface area contributed by atoms with E-state index in [0.717, 1.165) is 38.8 Å². The van der Waals surface area contributed by atoms with Gasteiger partial charge < -0.3 is 10.1 Å². The molecular weight excluding hydrogens is 318 g/mol. The largest absolute Gasteiger partial charge is 0.375 e. The van der Waals surface area contributed by atoms with Crippen LogP contribution in [0.4, 0.5) is 0 Å². The molecular formula is C24H33NO. The minimum absolute atomic E-state index is 0.00267. The summed E-state index contributed by atoms with van der Waals surface area (Å²) in [7, 11) is 0. The van der Waals surface area contributed by atoms with Gasteiger partial charge in [0, 0.05) is 12.6 Å². The fraction of sp³-hybridized carbons (Fsp3) is 0.500. The van der Waals surface area contributed by atoms with Crippen LogP contribution in [0.2, 0.25) is 0 Å². The molecule has 1 N–H and O–H groups in total. The Balaban J connectivity index is 1.66. The van der Waals surface area contributed by atoms with E-state index < -0.39 is 0 Å². The van der Waals surface area contributed by atoms with Crippen molar-refractivity contribution in [2.45, 2.75) is 63.5 Å². The molecule has 0 radical (unpaired) electrons. The van der Waals surface area contributed by atoms with Crippen molar-refractivity contribution in [3.05, 3.63) is 71.8 Å². The Morgan fingerprint density at radius 2 is 1.69 bits per heavy atom.